The van der Waals surface area contributed by atoms with Crippen LogP contribution in [0.2, 0.25) is 5.02 Å². The topological polar surface area (TPSA) is 48.3 Å². The number of nitrogens with one attached hydrogen (secondary N) is 1. The maximum Gasteiger partial charge on any atom is 0.166 e. The van der Waals surface area contributed by atoms with Gasteiger partial charge < -0.3 is 10.1 Å². The predicted octanol–water partition coefficient (Wildman–Crippen LogP) is 4.63. The first kappa shape index (κ1) is 15.9. The van der Waals surface area contributed by atoms with E-state index in [4.69, 9.17) is 16.3 Å². The number of nitrogens with zero attached hydrogens (tertiary/aromatic N) is 2. The Labute approximate surface area is 144 Å². The molecule has 0 fully saturated rings. The number of hydrogen-bond acceptors (Lipinski definition) is 4. The van der Waals surface area contributed by atoms with Crippen molar-refractivity contribution in [1.29, 1.82) is 5.26 Å². The minimum Gasteiger partial charge on any atom is -0.470 e. The van der Waals surface area contributed by atoms with Crippen molar-refractivity contribution in [2.75, 3.05) is 16.9 Å². The predicted molar refractivity (Wildman–Crippen MR) is 91.7 cm³/mol. The van der Waals surface area contributed by atoms with Crippen LogP contribution in [0.25, 0.3) is 0 Å². The van der Waals surface area contributed by atoms with Gasteiger partial charge in [-0.2, -0.15) is 5.26 Å². The monoisotopic (exact) mass is 341 g/mol. The number of nitriles is 1. The molecule has 2 aromatic rings. The van der Waals surface area contributed by atoms with E-state index in [0.29, 0.717) is 22.2 Å². The molecule has 4 nitrogen and oxygen atoms in total. The van der Waals surface area contributed by atoms with E-state index in [1.165, 1.54) is 12.1 Å². The van der Waals surface area contributed by atoms with Gasteiger partial charge in [-0.3, -0.25) is 4.90 Å². The number of rotatable bonds is 4. The van der Waals surface area contributed by atoms with Gasteiger partial charge in [0.2, 0.25) is 0 Å². The van der Waals surface area contributed by atoms with Crippen molar-refractivity contribution < 1.29 is 9.13 Å². The summed E-state index contributed by atoms with van der Waals surface area (Å²) in [5.41, 5.74) is 1.82. The first-order valence-electron chi connectivity index (χ1n) is 7.17. The maximum atomic E-state index is 12.9. The normalized spacial score (nSPS) is 14.0. The molecule has 0 saturated heterocycles. The standard InChI is InChI=1S/C18H13ClFN3O/c19-15-3-1-2-4-16(15)23-12-24-18(17(23)11-21)9-10-22-14-7-5-13(20)6-8-14/h1-10,22H,12H2/b10-9+. The molecule has 0 unspecified atom stereocenters. The van der Waals surface area contributed by atoms with Crippen molar-refractivity contribution in [3.8, 4) is 6.07 Å². The van der Waals surface area contributed by atoms with E-state index in [0.717, 1.165) is 5.69 Å². The number of hydrogen-bond donors (Lipinski definition) is 1. The minimum absolute atomic E-state index is 0.211. The molecular formula is C18H13ClFN3O. The minimum atomic E-state index is -0.298. The third kappa shape index (κ3) is 3.34. The Balaban J connectivity index is 1.78. The molecular weight excluding hydrogens is 329 g/mol. The zero-order chi connectivity index (χ0) is 16.9. The van der Waals surface area contributed by atoms with E-state index in [1.54, 1.807) is 35.4 Å². The Hall–Kier alpha value is -2.97. The third-order valence-corrected chi connectivity index (χ3v) is 3.75. The Morgan fingerprint density at radius 1 is 1.21 bits per heavy atom. The Morgan fingerprint density at radius 2 is 1.96 bits per heavy atom. The molecule has 0 radical (unpaired) electrons. The van der Waals surface area contributed by atoms with Crippen LogP contribution in [0.15, 0.2) is 72.3 Å². The molecule has 0 aliphatic carbocycles. The van der Waals surface area contributed by atoms with Gasteiger partial charge in [-0.1, -0.05) is 23.7 Å². The smallest absolute Gasteiger partial charge is 0.166 e. The molecule has 0 aromatic heterocycles. The van der Waals surface area contributed by atoms with Gasteiger partial charge in [-0.15, -0.1) is 0 Å². The summed E-state index contributed by atoms with van der Waals surface area (Å²) in [5.74, 6) is 0.139. The first-order valence-corrected chi connectivity index (χ1v) is 7.55. The van der Waals surface area contributed by atoms with Crippen LogP contribution in [0.4, 0.5) is 15.8 Å². The van der Waals surface area contributed by atoms with Crippen LogP contribution in [0.3, 0.4) is 0 Å². The van der Waals surface area contributed by atoms with E-state index in [2.05, 4.69) is 11.4 Å². The summed E-state index contributed by atoms with van der Waals surface area (Å²) < 4.78 is 18.4. The van der Waals surface area contributed by atoms with Gasteiger partial charge in [0.25, 0.3) is 0 Å². The highest BCUT2D eigenvalue weighted by atomic mass is 35.5. The molecule has 6 heteroatoms. The SMILES string of the molecule is N#CC1=C(/C=C/Nc2ccc(F)cc2)OCN1c1ccccc1Cl. The van der Waals surface area contributed by atoms with E-state index < -0.39 is 0 Å². The molecule has 0 saturated carbocycles. The molecule has 2 aromatic carbocycles. The summed E-state index contributed by atoms with van der Waals surface area (Å²) in [6.07, 6.45) is 3.29. The molecule has 1 aliphatic rings. The van der Waals surface area contributed by atoms with Crippen LogP contribution in [-0.2, 0) is 4.74 Å². The van der Waals surface area contributed by atoms with E-state index >= 15 is 0 Å². The highest BCUT2D eigenvalue weighted by Crippen LogP contribution is 2.32. The first-order chi connectivity index (χ1) is 11.7. The van der Waals surface area contributed by atoms with Crippen LogP contribution < -0.4 is 10.2 Å². The van der Waals surface area contributed by atoms with Crippen LogP contribution in [0.1, 0.15) is 0 Å². The van der Waals surface area contributed by atoms with E-state index in [-0.39, 0.29) is 12.5 Å². The second-order valence-electron chi connectivity index (χ2n) is 4.96. The highest BCUT2D eigenvalue weighted by Gasteiger charge is 2.25. The average molecular weight is 342 g/mol. The summed E-state index contributed by atoms with van der Waals surface area (Å²) in [7, 11) is 0. The van der Waals surface area contributed by atoms with Crippen molar-refractivity contribution in [2.45, 2.75) is 0 Å². The average Bonchev–Trinajstić information content (AvgIpc) is 3.00. The van der Waals surface area contributed by atoms with Crippen molar-refractivity contribution in [1.82, 2.24) is 0 Å². The van der Waals surface area contributed by atoms with Crippen molar-refractivity contribution >= 4 is 23.0 Å². The fourth-order valence-electron chi connectivity index (χ4n) is 2.26. The van der Waals surface area contributed by atoms with Crippen LogP contribution in [0.5, 0.6) is 0 Å². The van der Waals surface area contributed by atoms with Crippen molar-refractivity contribution in [3.63, 3.8) is 0 Å². The summed E-state index contributed by atoms with van der Waals surface area (Å²) in [4.78, 5) is 1.71. The lowest BCUT2D eigenvalue weighted by atomic mass is 10.2. The molecule has 24 heavy (non-hydrogen) atoms. The summed E-state index contributed by atoms with van der Waals surface area (Å²) in [5, 5.41) is 13.0. The third-order valence-electron chi connectivity index (χ3n) is 3.43. The molecule has 1 aliphatic heterocycles. The Kier molecular flexibility index (Phi) is 4.69. The van der Waals surface area contributed by atoms with Crippen molar-refractivity contribution in [2.24, 2.45) is 0 Å². The molecule has 1 heterocycles. The number of anilines is 2. The molecule has 0 amide bonds. The van der Waals surface area contributed by atoms with Gasteiger partial charge in [0, 0.05) is 11.9 Å². The fraction of sp³-hybridized carbons (Fsp3) is 0.0556. The van der Waals surface area contributed by atoms with Gasteiger partial charge >= 0.3 is 0 Å². The molecule has 1 N–H and O–H groups in total. The number of halogens is 2. The lowest BCUT2D eigenvalue weighted by Crippen LogP contribution is -2.18. The second kappa shape index (κ2) is 7.07. The Morgan fingerprint density at radius 3 is 2.67 bits per heavy atom. The summed E-state index contributed by atoms with van der Waals surface area (Å²) >= 11 is 6.18. The number of allylic oxidation sites excluding steroid dienone is 2. The molecule has 0 bridgehead atoms. The van der Waals surface area contributed by atoms with E-state index in [1.807, 2.05) is 18.2 Å². The Bertz CT molecular complexity index is 840. The van der Waals surface area contributed by atoms with Gasteiger partial charge in [0.1, 0.15) is 11.9 Å². The number of para-hydroxylation sites is 1. The molecule has 3 rings (SSSR count). The van der Waals surface area contributed by atoms with Gasteiger partial charge in [-0.25, -0.2) is 4.39 Å². The maximum absolute atomic E-state index is 12.9. The zero-order valence-corrected chi connectivity index (χ0v) is 13.3. The van der Waals surface area contributed by atoms with Gasteiger partial charge in [0.15, 0.2) is 18.2 Å². The summed E-state index contributed by atoms with van der Waals surface area (Å²) in [6, 6.07) is 15.4. The second-order valence-corrected chi connectivity index (χ2v) is 5.37. The lowest BCUT2D eigenvalue weighted by molar-refractivity contribution is 0.257. The molecule has 0 spiro atoms. The quantitative estimate of drug-likeness (QED) is 0.880. The molecule has 0 atom stereocenters. The number of benzene rings is 2. The zero-order valence-electron chi connectivity index (χ0n) is 12.5. The largest absolute Gasteiger partial charge is 0.470 e. The van der Waals surface area contributed by atoms with E-state index in [9.17, 15) is 9.65 Å². The van der Waals surface area contributed by atoms with Crippen LogP contribution >= 0.6 is 11.6 Å². The van der Waals surface area contributed by atoms with Gasteiger partial charge in [-0.05, 0) is 42.5 Å². The van der Waals surface area contributed by atoms with Crippen LogP contribution in [-0.4, -0.2) is 6.73 Å². The van der Waals surface area contributed by atoms with Crippen LogP contribution in [0, 0.1) is 17.1 Å². The fourth-order valence-corrected chi connectivity index (χ4v) is 2.50. The molecule has 120 valence electrons. The number of ether oxygens (including phenoxy) is 1. The summed E-state index contributed by atoms with van der Waals surface area (Å²) in [6.45, 7) is 0.211. The van der Waals surface area contributed by atoms with Crippen molar-refractivity contribution in [3.05, 3.63) is 83.1 Å². The lowest BCUT2D eigenvalue weighted by Gasteiger charge is -2.16. The highest BCUT2D eigenvalue weighted by molar-refractivity contribution is 6.33. The van der Waals surface area contributed by atoms with Gasteiger partial charge in [0.05, 0.1) is 10.7 Å².